The minimum Gasteiger partial charge on any atom is -0.476 e. The van der Waals surface area contributed by atoms with Crippen LogP contribution in [0.25, 0.3) is 16.9 Å². The SMILES string of the molecule is O=C(O)c1nnn(-c2ccc(C(F)(F)F)cc2)c1-c1ccccc1. The molecule has 0 saturated heterocycles. The average Bonchev–Trinajstić information content (AvgIpc) is 3.00. The summed E-state index contributed by atoms with van der Waals surface area (Å²) >= 11 is 0. The molecular weight excluding hydrogens is 323 g/mol. The van der Waals surface area contributed by atoms with Gasteiger partial charge in [-0.2, -0.15) is 13.2 Å². The molecule has 8 heteroatoms. The zero-order valence-corrected chi connectivity index (χ0v) is 12.0. The lowest BCUT2D eigenvalue weighted by atomic mass is 10.1. The summed E-state index contributed by atoms with van der Waals surface area (Å²) in [6.45, 7) is 0. The first-order valence-electron chi connectivity index (χ1n) is 6.80. The maximum atomic E-state index is 12.7. The predicted molar refractivity (Wildman–Crippen MR) is 78.8 cm³/mol. The standard InChI is InChI=1S/C16H10F3N3O2/c17-16(18,19)11-6-8-12(9-7-11)22-14(10-4-2-1-3-5-10)13(15(23)24)20-21-22/h1-9H,(H,23,24). The van der Waals surface area contributed by atoms with Gasteiger partial charge in [0.2, 0.25) is 0 Å². The van der Waals surface area contributed by atoms with Gasteiger partial charge in [0.15, 0.2) is 5.69 Å². The summed E-state index contributed by atoms with van der Waals surface area (Å²) in [6, 6.07) is 12.8. The van der Waals surface area contributed by atoms with E-state index in [4.69, 9.17) is 0 Å². The maximum absolute atomic E-state index is 12.7. The molecule has 5 nitrogen and oxygen atoms in total. The van der Waals surface area contributed by atoms with E-state index in [9.17, 15) is 23.1 Å². The van der Waals surface area contributed by atoms with Gasteiger partial charge in [0.25, 0.3) is 0 Å². The molecule has 0 aliphatic carbocycles. The van der Waals surface area contributed by atoms with Crippen molar-refractivity contribution in [3.8, 4) is 16.9 Å². The number of aromatic nitrogens is 3. The van der Waals surface area contributed by atoms with Crippen LogP contribution in [-0.4, -0.2) is 26.1 Å². The molecule has 122 valence electrons. The Labute approximate surface area is 134 Å². The minimum absolute atomic E-state index is 0.197. The summed E-state index contributed by atoms with van der Waals surface area (Å²) in [4.78, 5) is 11.4. The lowest BCUT2D eigenvalue weighted by Gasteiger charge is -2.10. The zero-order chi connectivity index (χ0) is 17.3. The van der Waals surface area contributed by atoms with Crippen LogP contribution in [0.15, 0.2) is 54.6 Å². The monoisotopic (exact) mass is 333 g/mol. The molecule has 0 radical (unpaired) electrons. The highest BCUT2D eigenvalue weighted by Gasteiger charge is 2.30. The van der Waals surface area contributed by atoms with Crippen molar-refractivity contribution >= 4 is 5.97 Å². The van der Waals surface area contributed by atoms with Crippen molar-refractivity contribution in [1.29, 1.82) is 0 Å². The summed E-state index contributed by atoms with van der Waals surface area (Å²) in [5, 5.41) is 16.7. The summed E-state index contributed by atoms with van der Waals surface area (Å²) in [7, 11) is 0. The Bertz CT molecular complexity index is 872. The summed E-state index contributed by atoms with van der Waals surface area (Å²) in [6.07, 6.45) is -4.45. The molecular formula is C16H10F3N3O2. The van der Waals surface area contributed by atoms with E-state index in [2.05, 4.69) is 10.3 Å². The molecule has 0 bridgehead atoms. The molecule has 1 aromatic heterocycles. The molecule has 0 fully saturated rings. The lowest BCUT2D eigenvalue weighted by molar-refractivity contribution is -0.137. The molecule has 3 rings (SSSR count). The van der Waals surface area contributed by atoms with Crippen molar-refractivity contribution in [1.82, 2.24) is 15.0 Å². The fourth-order valence-electron chi connectivity index (χ4n) is 2.25. The number of rotatable bonds is 3. The number of hydrogen-bond acceptors (Lipinski definition) is 3. The molecule has 0 aliphatic heterocycles. The number of halogens is 3. The Balaban J connectivity index is 2.14. The second kappa shape index (κ2) is 5.80. The topological polar surface area (TPSA) is 68.0 Å². The van der Waals surface area contributed by atoms with Crippen LogP contribution in [0, 0.1) is 0 Å². The molecule has 3 aromatic rings. The van der Waals surface area contributed by atoms with E-state index < -0.39 is 17.7 Å². The number of carbonyl (C=O) groups is 1. The quantitative estimate of drug-likeness (QED) is 0.794. The van der Waals surface area contributed by atoms with Crippen LogP contribution in [0.3, 0.4) is 0 Å². The second-order valence-corrected chi connectivity index (χ2v) is 4.91. The van der Waals surface area contributed by atoms with Gasteiger partial charge >= 0.3 is 12.1 Å². The highest BCUT2D eigenvalue weighted by molar-refractivity contribution is 5.93. The Kier molecular flexibility index (Phi) is 3.80. The van der Waals surface area contributed by atoms with Crippen LogP contribution in [0.5, 0.6) is 0 Å². The molecule has 1 N–H and O–H groups in total. The van der Waals surface area contributed by atoms with Crippen molar-refractivity contribution in [3.63, 3.8) is 0 Å². The van der Waals surface area contributed by atoms with Gasteiger partial charge in [0.1, 0.15) is 5.69 Å². The van der Waals surface area contributed by atoms with Crippen molar-refractivity contribution in [2.24, 2.45) is 0 Å². The van der Waals surface area contributed by atoms with Crippen LogP contribution in [0.1, 0.15) is 16.1 Å². The Hall–Kier alpha value is -3.16. The minimum atomic E-state index is -4.45. The van der Waals surface area contributed by atoms with Crippen LogP contribution in [0.2, 0.25) is 0 Å². The number of nitrogens with zero attached hydrogens (tertiary/aromatic N) is 3. The predicted octanol–water partition coefficient (Wildman–Crippen LogP) is 3.65. The van der Waals surface area contributed by atoms with Gasteiger partial charge < -0.3 is 5.11 Å². The van der Waals surface area contributed by atoms with Gasteiger partial charge in [-0.05, 0) is 24.3 Å². The molecule has 0 spiro atoms. The Morgan fingerprint density at radius 2 is 1.62 bits per heavy atom. The number of benzene rings is 2. The molecule has 0 saturated carbocycles. The Morgan fingerprint density at radius 1 is 1.00 bits per heavy atom. The molecule has 1 heterocycles. The van der Waals surface area contributed by atoms with Crippen LogP contribution < -0.4 is 0 Å². The van der Waals surface area contributed by atoms with Gasteiger partial charge in [0.05, 0.1) is 11.3 Å². The van der Waals surface area contributed by atoms with Gasteiger partial charge in [-0.3, -0.25) is 0 Å². The zero-order valence-electron chi connectivity index (χ0n) is 12.0. The van der Waals surface area contributed by atoms with Gasteiger partial charge in [-0.1, -0.05) is 35.5 Å². The molecule has 0 unspecified atom stereocenters. The smallest absolute Gasteiger partial charge is 0.416 e. The maximum Gasteiger partial charge on any atom is 0.416 e. The first-order valence-corrected chi connectivity index (χ1v) is 6.80. The summed E-state index contributed by atoms with van der Waals surface area (Å²) < 4.78 is 39.2. The largest absolute Gasteiger partial charge is 0.476 e. The van der Waals surface area contributed by atoms with Crippen molar-refractivity contribution in [2.45, 2.75) is 6.18 Å². The fraction of sp³-hybridized carbons (Fsp3) is 0.0625. The molecule has 2 aromatic carbocycles. The molecule has 24 heavy (non-hydrogen) atoms. The second-order valence-electron chi connectivity index (χ2n) is 4.91. The molecule has 0 aliphatic rings. The third-order valence-corrected chi connectivity index (χ3v) is 3.36. The van der Waals surface area contributed by atoms with E-state index in [-0.39, 0.29) is 17.1 Å². The first kappa shape index (κ1) is 15.7. The number of carboxylic acid groups (broad SMARTS) is 1. The average molecular weight is 333 g/mol. The number of hydrogen-bond donors (Lipinski definition) is 1. The molecule has 0 atom stereocenters. The summed E-state index contributed by atoms with van der Waals surface area (Å²) in [5.41, 5.74) is -0.0586. The van der Waals surface area contributed by atoms with E-state index in [1.54, 1.807) is 30.3 Å². The van der Waals surface area contributed by atoms with Gasteiger partial charge in [-0.15, -0.1) is 5.10 Å². The highest BCUT2D eigenvalue weighted by atomic mass is 19.4. The van der Waals surface area contributed by atoms with Gasteiger partial charge in [-0.25, -0.2) is 9.48 Å². The van der Waals surface area contributed by atoms with Crippen LogP contribution >= 0.6 is 0 Å². The number of carboxylic acids is 1. The normalized spacial score (nSPS) is 11.5. The fourth-order valence-corrected chi connectivity index (χ4v) is 2.25. The van der Waals surface area contributed by atoms with E-state index in [0.29, 0.717) is 5.56 Å². The van der Waals surface area contributed by atoms with Crippen molar-refractivity contribution in [3.05, 3.63) is 65.9 Å². The lowest BCUT2D eigenvalue weighted by Crippen LogP contribution is -2.06. The first-order chi connectivity index (χ1) is 11.4. The van der Waals surface area contributed by atoms with Gasteiger partial charge in [0, 0.05) is 5.56 Å². The molecule has 0 amide bonds. The summed E-state index contributed by atoms with van der Waals surface area (Å²) in [5.74, 6) is -1.27. The van der Waals surface area contributed by atoms with E-state index >= 15 is 0 Å². The highest BCUT2D eigenvalue weighted by Crippen LogP contribution is 2.31. The van der Waals surface area contributed by atoms with Crippen molar-refractivity contribution in [2.75, 3.05) is 0 Å². The van der Waals surface area contributed by atoms with E-state index in [0.717, 1.165) is 12.1 Å². The number of alkyl halides is 3. The van der Waals surface area contributed by atoms with E-state index in [1.807, 2.05) is 0 Å². The van der Waals surface area contributed by atoms with Crippen molar-refractivity contribution < 1.29 is 23.1 Å². The van der Waals surface area contributed by atoms with E-state index in [1.165, 1.54) is 16.8 Å². The Morgan fingerprint density at radius 3 is 2.17 bits per heavy atom. The van der Waals surface area contributed by atoms with Crippen LogP contribution in [-0.2, 0) is 6.18 Å². The third-order valence-electron chi connectivity index (χ3n) is 3.36. The third kappa shape index (κ3) is 2.85. The number of aromatic carboxylic acids is 1. The van der Waals surface area contributed by atoms with Crippen LogP contribution in [0.4, 0.5) is 13.2 Å².